The van der Waals surface area contributed by atoms with Gasteiger partial charge in [0.05, 0.1) is 4.99 Å². The van der Waals surface area contributed by atoms with Crippen LogP contribution in [0.15, 0.2) is 109 Å². The minimum atomic E-state index is -0.348. The van der Waals surface area contributed by atoms with Crippen LogP contribution >= 0.6 is 23.8 Å². The predicted molar refractivity (Wildman–Crippen MR) is 142 cm³/mol. The Morgan fingerprint density at radius 2 is 1.28 bits per heavy atom. The van der Waals surface area contributed by atoms with Gasteiger partial charge in [0.25, 0.3) is 0 Å². The highest BCUT2D eigenvalue weighted by Gasteiger charge is 2.36. The van der Waals surface area contributed by atoms with Gasteiger partial charge in [0.2, 0.25) is 0 Å². The van der Waals surface area contributed by atoms with Crippen molar-refractivity contribution < 1.29 is 0 Å². The number of hydrogen-bond acceptors (Lipinski definition) is 1. The normalized spacial score (nSPS) is 12.2. The van der Waals surface area contributed by atoms with Crippen molar-refractivity contribution in [3.8, 4) is 11.1 Å². The van der Waals surface area contributed by atoms with E-state index >= 15 is 0 Å². The fourth-order valence-electron chi connectivity index (χ4n) is 4.16. The van der Waals surface area contributed by atoms with E-state index < -0.39 is 0 Å². The van der Waals surface area contributed by atoms with E-state index in [2.05, 4.69) is 98.0 Å². The molecule has 0 saturated heterocycles. The summed E-state index contributed by atoms with van der Waals surface area (Å²) in [5.41, 5.74) is 5.38. The molecule has 4 rings (SSSR count). The first-order valence-electron chi connectivity index (χ1n) is 10.7. The first-order chi connectivity index (χ1) is 15.4. The zero-order chi connectivity index (χ0) is 22.6. The first kappa shape index (κ1) is 22.3. The van der Waals surface area contributed by atoms with E-state index in [1.165, 1.54) is 16.7 Å². The summed E-state index contributed by atoms with van der Waals surface area (Å²) < 4.78 is 0. The Bertz CT molecular complexity index is 1180. The topological polar surface area (TPSA) is 12.0 Å². The number of rotatable bonds is 6. The summed E-state index contributed by atoms with van der Waals surface area (Å²) in [6.45, 7) is 4.39. The van der Waals surface area contributed by atoms with Gasteiger partial charge in [-0.1, -0.05) is 123 Å². The van der Waals surface area contributed by atoms with Gasteiger partial charge in [-0.2, -0.15) is 0 Å². The summed E-state index contributed by atoms with van der Waals surface area (Å²) in [5.74, 6) is 0.0611. The van der Waals surface area contributed by atoms with Gasteiger partial charge in [-0.15, -0.1) is 0 Å². The molecule has 0 bridgehead atoms. The molecule has 1 N–H and O–H groups in total. The summed E-state index contributed by atoms with van der Waals surface area (Å²) in [6, 6.07) is 37.4. The molecule has 4 aromatic carbocycles. The van der Waals surface area contributed by atoms with Crippen LogP contribution in [0.5, 0.6) is 0 Å². The van der Waals surface area contributed by atoms with E-state index in [9.17, 15) is 0 Å². The molecule has 3 heteroatoms. The molecular weight excluding hydrogens is 430 g/mol. The molecule has 0 amide bonds. The van der Waals surface area contributed by atoms with Crippen molar-refractivity contribution in [2.24, 2.45) is 5.41 Å². The molecule has 0 aliphatic heterocycles. The van der Waals surface area contributed by atoms with Gasteiger partial charge in [0.15, 0.2) is 0 Å². The minimum absolute atomic E-state index is 0.0611. The summed E-state index contributed by atoms with van der Waals surface area (Å²) >= 11 is 12.3. The lowest BCUT2D eigenvalue weighted by atomic mass is 9.71. The lowest BCUT2D eigenvalue weighted by molar-refractivity contribution is 0.460. The molecule has 32 heavy (non-hydrogen) atoms. The van der Waals surface area contributed by atoms with Crippen molar-refractivity contribution in [2.45, 2.75) is 19.8 Å². The van der Waals surface area contributed by atoms with Crippen LogP contribution < -0.4 is 5.32 Å². The van der Waals surface area contributed by atoms with Crippen molar-refractivity contribution in [1.29, 1.82) is 0 Å². The van der Waals surface area contributed by atoms with Gasteiger partial charge in [-0.25, -0.2) is 0 Å². The maximum absolute atomic E-state index is 6.35. The van der Waals surface area contributed by atoms with E-state index in [0.29, 0.717) is 0 Å². The number of anilines is 1. The Morgan fingerprint density at radius 3 is 1.91 bits per heavy atom. The molecule has 1 nitrogen and oxygen atoms in total. The van der Waals surface area contributed by atoms with Crippen LogP contribution in [0.1, 0.15) is 30.9 Å². The number of thiocarbonyl (C=S) groups is 1. The van der Waals surface area contributed by atoms with Crippen molar-refractivity contribution in [2.75, 3.05) is 5.32 Å². The Labute approximate surface area is 201 Å². The smallest absolute Gasteiger partial charge is 0.0863 e. The average molecular weight is 456 g/mol. The zero-order valence-electron chi connectivity index (χ0n) is 18.3. The highest BCUT2D eigenvalue weighted by Crippen LogP contribution is 2.43. The van der Waals surface area contributed by atoms with Gasteiger partial charge in [0.1, 0.15) is 0 Å². The number of halogens is 1. The molecule has 160 valence electrons. The molecule has 0 aliphatic carbocycles. The third kappa shape index (κ3) is 4.93. The summed E-state index contributed by atoms with van der Waals surface area (Å²) in [4.78, 5) is 0.791. The zero-order valence-corrected chi connectivity index (χ0v) is 19.8. The second-order valence-corrected chi connectivity index (χ2v) is 9.36. The Balaban J connectivity index is 1.62. The van der Waals surface area contributed by atoms with Crippen LogP contribution in [-0.4, -0.2) is 4.99 Å². The summed E-state index contributed by atoms with van der Waals surface area (Å²) in [7, 11) is 0. The highest BCUT2D eigenvalue weighted by atomic mass is 35.5. The molecule has 0 aliphatic rings. The fourth-order valence-corrected chi connectivity index (χ4v) is 4.59. The molecule has 0 heterocycles. The second-order valence-electron chi connectivity index (χ2n) is 8.52. The van der Waals surface area contributed by atoms with Gasteiger partial charge in [-0.05, 0) is 46.5 Å². The molecule has 0 radical (unpaired) electrons. The molecular formula is C29H26ClNS. The highest BCUT2D eigenvalue weighted by molar-refractivity contribution is 7.80. The molecule has 0 fully saturated rings. The van der Waals surface area contributed by atoms with Crippen molar-refractivity contribution in [3.05, 3.63) is 125 Å². The molecule has 0 aromatic heterocycles. The number of benzene rings is 4. The largest absolute Gasteiger partial charge is 0.350 e. The van der Waals surface area contributed by atoms with Crippen LogP contribution in [0.3, 0.4) is 0 Å². The third-order valence-electron chi connectivity index (χ3n) is 5.87. The van der Waals surface area contributed by atoms with Gasteiger partial charge in [0, 0.05) is 22.0 Å². The van der Waals surface area contributed by atoms with Gasteiger partial charge in [-0.3, -0.25) is 0 Å². The monoisotopic (exact) mass is 455 g/mol. The van der Waals surface area contributed by atoms with Crippen LogP contribution in [0.25, 0.3) is 11.1 Å². The predicted octanol–water partition coefficient (Wildman–Crippen LogP) is 8.60. The average Bonchev–Trinajstić information content (AvgIpc) is 2.81. The van der Waals surface area contributed by atoms with Gasteiger partial charge >= 0.3 is 0 Å². The number of nitrogens with one attached hydrogen (secondary N) is 1. The third-order valence-corrected chi connectivity index (χ3v) is 6.73. The molecule has 1 unspecified atom stereocenters. The SMILES string of the molecule is CC(C)(C(=S)Nc1ccc(-c2ccccc2)cc1)C(c1ccccc1)c1cccc(Cl)c1. The number of hydrogen-bond donors (Lipinski definition) is 1. The Kier molecular flexibility index (Phi) is 6.74. The summed E-state index contributed by atoms with van der Waals surface area (Å²) in [6.07, 6.45) is 0. The standard InChI is InChI=1S/C29H26ClNS/c1-29(2,27(23-12-7-4-8-13-23)24-14-9-15-25(30)20-24)28(32)31-26-18-16-22(17-19-26)21-10-5-3-6-11-21/h3-20,27H,1-2H3,(H,31,32). The summed E-state index contributed by atoms with van der Waals surface area (Å²) in [5, 5.41) is 4.23. The van der Waals surface area contributed by atoms with Crippen LogP contribution in [0.4, 0.5) is 5.69 Å². The van der Waals surface area contributed by atoms with Crippen LogP contribution in [-0.2, 0) is 0 Å². The van der Waals surface area contributed by atoms with E-state index in [-0.39, 0.29) is 11.3 Å². The van der Waals surface area contributed by atoms with Crippen molar-refractivity contribution >= 4 is 34.5 Å². The molecule has 0 saturated carbocycles. The van der Waals surface area contributed by atoms with Crippen molar-refractivity contribution in [1.82, 2.24) is 0 Å². The lowest BCUT2D eigenvalue weighted by Gasteiger charge is -2.36. The van der Waals surface area contributed by atoms with E-state index in [4.69, 9.17) is 23.8 Å². The lowest BCUT2D eigenvalue weighted by Crippen LogP contribution is -2.35. The van der Waals surface area contributed by atoms with Gasteiger partial charge < -0.3 is 5.32 Å². The fraction of sp³-hybridized carbons (Fsp3) is 0.138. The Hall–Kier alpha value is -2.94. The van der Waals surface area contributed by atoms with E-state index in [1.807, 2.05) is 30.3 Å². The van der Waals surface area contributed by atoms with E-state index in [0.717, 1.165) is 21.3 Å². The maximum atomic E-state index is 6.35. The second kappa shape index (κ2) is 9.68. The van der Waals surface area contributed by atoms with Crippen LogP contribution in [0.2, 0.25) is 5.02 Å². The Morgan fingerprint density at radius 1 is 0.719 bits per heavy atom. The van der Waals surface area contributed by atoms with Crippen molar-refractivity contribution in [3.63, 3.8) is 0 Å². The van der Waals surface area contributed by atoms with E-state index in [1.54, 1.807) is 0 Å². The maximum Gasteiger partial charge on any atom is 0.0863 e. The molecule has 1 atom stereocenters. The first-order valence-corrected chi connectivity index (χ1v) is 11.5. The molecule has 0 spiro atoms. The quantitative estimate of drug-likeness (QED) is 0.292. The molecule has 4 aromatic rings. The minimum Gasteiger partial charge on any atom is -0.350 e. The van der Waals surface area contributed by atoms with Crippen LogP contribution in [0, 0.1) is 5.41 Å².